The molecule has 1 aliphatic carbocycles. The van der Waals surface area contributed by atoms with E-state index >= 15 is 0 Å². The molecule has 1 aliphatic heterocycles. The van der Waals surface area contributed by atoms with Crippen LogP contribution in [0.25, 0.3) is 10.8 Å². The Morgan fingerprint density at radius 2 is 1.75 bits per heavy atom. The summed E-state index contributed by atoms with van der Waals surface area (Å²) in [7, 11) is 1.57. The van der Waals surface area contributed by atoms with E-state index in [9.17, 15) is 14.4 Å². The van der Waals surface area contributed by atoms with Gasteiger partial charge in [-0.15, -0.1) is 0 Å². The zero-order valence-corrected chi connectivity index (χ0v) is 25.4. The molecule has 5 rings (SSSR count). The summed E-state index contributed by atoms with van der Waals surface area (Å²) in [6.45, 7) is 0.951. The van der Waals surface area contributed by atoms with Crippen molar-refractivity contribution in [1.82, 2.24) is 15.1 Å². The molecule has 0 aromatic heterocycles. The van der Waals surface area contributed by atoms with Crippen LogP contribution in [0, 0.1) is 5.92 Å². The van der Waals surface area contributed by atoms with E-state index in [1.54, 1.807) is 18.1 Å². The van der Waals surface area contributed by atoms with Gasteiger partial charge >= 0.3 is 6.09 Å². The van der Waals surface area contributed by atoms with Gasteiger partial charge in [0.15, 0.2) is 0 Å². The highest BCUT2D eigenvalue weighted by molar-refractivity contribution is 5.92. The highest BCUT2D eigenvalue weighted by atomic mass is 16.6. The van der Waals surface area contributed by atoms with Gasteiger partial charge in [0.2, 0.25) is 11.8 Å². The highest BCUT2D eigenvalue weighted by Crippen LogP contribution is 2.29. The summed E-state index contributed by atoms with van der Waals surface area (Å²) < 4.78 is 11.3. The molecule has 1 saturated carbocycles. The smallest absolute Gasteiger partial charge is 0.415 e. The van der Waals surface area contributed by atoms with E-state index in [1.807, 2.05) is 54.6 Å². The van der Waals surface area contributed by atoms with Gasteiger partial charge in [0.1, 0.15) is 17.5 Å². The number of fused-ring (bicyclic) bond motifs is 1. The molecule has 234 valence electrons. The number of nitrogens with one attached hydrogen (secondary N) is 1. The molecule has 0 spiro atoms. The number of rotatable bonds is 9. The Kier molecular flexibility index (Phi) is 10.3. The van der Waals surface area contributed by atoms with Gasteiger partial charge in [-0.3, -0.25) is 9.59 Å². The Balaban J connectivity index is 1.31. The lowest BCUT2D eigenvalue weighted by molar-refractivity contribution is -0.144. The molecule has 2 atom stereocenters. The highest BCUT2D eigenvalue weighted by Gasteiger charge is 2.39. The molecule has 44 heavy (non-hydrogen) atoms. The van der Waals surface area contributed by atoms with Crippen molar-refractivity contribution in [1.29, 1.82) is 0 Å². The number of methoxy groups -OCH3 is 1. The van der Waals surface area contributed by atoms with Crippen LogP contribution in [0.3, 0.4) is 0 Å². The number of carbonyl (C=O) groups is 3. The van der Waals surface area contributed by atoms with E-state index in [2.05, 4.69) is 5.32 Å². The lowest BCUT2D eigenvalue weighted by Gasteiger charge is -2.41. The van der Waals surface area contributed by atoms with Crippen LogP contribution in [0.4, 0.5) is 4.79 Å². The standard InChI is InChI=1S/C34H43N5O5/c1-43-31-19-24(14-15-26(31)20-35)21-37-32(40)29-22-38(34(42)44-30-13-7-11-25-10-5-6-12-27(25)30)16-17-39(29)33(41)28(36)18-23-8-3-2-4-9-23/h5-7,10-15,19,23,28-29H,2-4,8-9,16-18,20-22,35-36H2,1H3,(H,37,40)/t28-,29+/m1/s1. The lowest BCUT2D eigenvalue weighted by Crippen LogP contribution is -2.64. The molecule has 2 aliphatic rings. The Hall–Kier alpha value is -4.15. The molecule has 3 aromatic rings. The van der Waals surface area contributed by atoms with E-state index < -0.39 is 18.2 Å². The third kappa shape index (κ3) is 7.31. The number of carbonyl (C=O) groups excluding carboxylic acids is 3. The van der Waals surface area contributed by atoms with Gasteiger partial charge in [-0.05, 0) is 35.4 Å². The largest absolute Gasteiger partial charge is 0.496 e. The molecule has 1 heterocycles. The van der Waals surface area contributed by atoms with Crippen molar-refractivity contribution in [2.24, 2.45) is 17.4 Å². The maximum atomic E-state index is 13.7. The van der Waals surface area contributed by atoms with E-state index in [1.165, 1.54) is 11.3 Å². The molecule has 0 unspecified atom stereocenters. The second kappa shape index (κ2) is 14.5. The first-order valence-corrected chi connectivity index (χ1v) is 15.5. The second-order valence-corrected chi connectivity index (χ2v) is 11.8. The maximum Gasteiger partial charge on any atom is 0.415 e. The van der Waals surface area contributed by atoms with E-state index in [0.717, 1.165) is 47.6 Å². The van der Waals surface area contributed by atoms with Crippen molar-refractivity contribution in [3.8, 4) is 11.5 Å². The molecular weight excluding hydrogens is 558 g/mol. The van der Waals surface area contributed by atoms with Crippen LogP contribution in [0.1, 0.15) is 49.7 Å². The summed E-state index contributed by atoms with van der Waals surface area (Å²) in [6.07, 6.45) is 5.72. The number of benzene rings is 3. The summed E-state index contributed by atoms with van der Waals surface area (Å²) >= 11 is 0. The van der Waals surface area contributed by atoms with Crippen LogP contribution in [-0.2, 0) is 22.7 Å². The predicted molar refractivity (Wildman–Crippen MR) is 169 cm³/mol. The first-order valence-electron chi connectivity index (χ1n) is 15.5. The van der Waals surface area contributed by atoms with Gasteiger partial charge in [-0.2, -0.15) is 0 Å². The second-order valence-electron chi connectivity index (χ2n) is 11.8. The van der Waals surface area contributed by atoms with Crippen molar-refractivity contribution in [2.45, 2.75) is 63.7 Å². The fourth-order valence-electron chi connectivity index (χ4n) is 6.35. The maximum absolute atomic E-state index is 13.7. The molecule has 2 fully saturated rings. The average Bonchev–Trinajstić information content (AvgIpc) is 3.07. The van der Waals surface area contributed by atoms with Gasteiger partial charge in [-0.1, -0.05) is 80.6 Å². The van der Waals surface area contributed by atoms with Crippen molar-refractivity contribution in [2.75, 3.05) is 26.7 Å². The fourth-order valence-corrected chi connectivity index (χ4v) is 6.35. The normalized spacial score (nSPS) is 18.1. The Morgan fingerprint density at radius 3 is 2.52 bits per heavy atom. The zero-order valence-electron chi connectivity index (χ0n) is 25.4. The lowest BCUT2D eigenvalue weighted by atomic mass is 9.84. The molecular formula is C34H43N5O5. The summed E-state index contributed by atoms with van der Waals surface area (Å²) in [5.41, 5.74) is 13.9. The van der Waals surface area contributed by atoms with Crippen molar-refractivity contribution in [3.63, 3.8) is 0 Å². The molecule has 5 N–H and O–H groups in total. The Morgan fingerprint density at radius 1 is 0.977 bits per heavy atom. The molecule has 1 saturated heterocycles. The quantitative estimate of drug-likeness (QED) is 0.338. The number of nitrogens with two attached hydrogens (primary N) is 2. The SMILES string of the molecule is COc1cc(CNC(=O)[C@@H]2CN(C(=O)Oc3cccc4ccccc34)CCN2C(=O)[C@H](N)CC2CCCCC2)ccc1CN. The third-order valence-electron chi connectivity index (χ3n) is 8.84. The van der Waals surface area contributed by atoms with E-state index in [4.69, 9.17) is 20.9 Å². The summed E-state index contributed by atoms with van der Waals surface area (Å²) in [5.74, 6) is 0.875. The summed E-state index contributed by atoms with van der Waals surface area (Å²) in [5, 5.41) is 4.73. The number of piperazine rings is 1. The van der Waals surface area contributed by atoms with Gasteiger partial charge in [0.05, 0.1) is 19.7 Å². The van der Waals surface area contributed by atoms with Crippen molar-refractivity contribution >= 4 is 28.7 Å². The summed E-state index contributed by atoms with van der Waals surface area (Å²) in [4.78, 5) is 43.8. The van der Waals surface area contributed by atoms with Crippen molar-refractivity contribution < 1.29 is 23.9 Å². The monoisotopic (exact) mass is 601 g/mol. The minimum Gasteiger partial charge on any atom is -0.496 e. The van der Waals surface area contributed by atoms with E-state index in [0.29, 0.717) is 30.4 Å². The number of amides is 3. The molecule has 10 nitrogen and oxygen atoms in total. The first-order chi connectivity index (χ1) is 21.4. The third-order valence-corrected chi connectivity index (χ3v) is 8.84. The zero-order chi connectivity index (χ0) is 31.1. The Labute approximate surface area is 258 Å². The Bertz CT molecular complexity index is 1470. The van der Waals surface area contributed by atoms with Gasteiger partial charge < -0.3 is 36.1 Å². The van der Waals surface area contributed by atoms with Crippen LogP contribution in [0.15, 0.2) is 60.7 Å². The number of ether oxygens (including phenoxy) is 2. The number of hydrogen-bond acceptors (Lipinski definition) is 7. The molecule has 3 amide bonds. The van der Waals surface area contributed by atoms with Gasteiger partial charge in [-0.25, -0.2) is 4.79 Å². The first kappa shape index (κ1) is 31.3. The van der Waals surface area contributed by atoms with Gasteiger partial charge in [0.25, 0.3) is 0 Å². The summed E-state index contributed by atoms with van der Waals surface area (Å²) in [6, 6.07) is 17.2. The molecule has 0 radical (unpaired) electrons. The van der Waals surface area contributed by atoms with E-state index in [-0.39, 0.29) is 38.0 Å². The fraction of sp³-hybridized carbons (Fsp3) is 0.441. The van der Waals surface area contributed by atoms with Crippen LogP contribution in [-0.4, -0.2) is 66.5 Å². The van der Waals surface area contributed by atoms with Gasteiger partial charge in [0, 0.05) is 37.1 Å². The number of nitrogens with zero attached hydrogens (tertiary/aromatic N) is 2. The molecule has 3 aromatic carbocycles. The van der Waals surface area contributed by atoms with Crippen LogP contribution >= 0.6 is 0 Å². The van der Waals surface area contributed by atoms with Crippen LogP contribution in [0.2, 0.25) is 0 Å². The van der Waals surface area contributed by atoms with Crippen molar-refractivity contribution in [3.05, 3.63) is 71.8 Å². The minimum atomic E-state index is -0.918. The number of hydrogen-bond donors (Lipinski definition) is 3. The van der Waals surface area contributed by atoms with Crippen LogP contribution in [0.5, 0.6) is 11.5 Å². The molecule has 10 heteroatoms. The topological polar surface area (TPSA) is 140 Å². The average molecular weight is 602 g/mol. The predicted octanol–water partition coefficient (Wildman–Crippen LogP) is 3.93. The minimum absolute atomic E-state index is 0.00719. The molecule has 0 bridgehead atoms. The van der Waals surface area contributed by atoms with Crippen LogP contribution < -0.4 is 26.3 Å².